The number of nitrogens with zero attached hydrogens (tertiary/aromatic N) is 2. The molecule has 6 nitrogen and oxygen atoms in total. The molecule has 0 fully saturated rings. The van der Waals surface area contributed by atoms with Crippen LogP contribution in [0.4, 0.5) is 17.2 Å². The van der Waals surface area contributed by atoms with Crippen LogP contribution < -0.4 is 10.6 Å². The SMILES string of the molecule is CCc1cccc(C)c1Nc1cc(C(=O)Nc2cccc(C(C)=O)c2)ncn1. The molecule has 0 atom stereocenters. The van der Waals surface area contributed by atoms with Crippen molar-refractivity contribution < 1.29 is 9.59 Å². The van der Waals surface area contributed by atoms with Gasteiger partial charge in [-0.1, -0.05) is 37.3 Å². The van der Waals surface area contributed by atoms with E-state index in [1.54, 1.807) is 30.3 Å². The fourth-order valence-corrected chi connectivity index (χ4v) is 2.89. The smallest absolute Gasteiger partial charge is 0.274 e. The van der Waals surface area contributed by atoms with E-state index in [1.165, 1.54) is 18.8 Å². The molecular formula is C22H22N4O2. The van der Waals surface area contributed by atoms with Crippen LogP contribution in [0.25, 0.3) is 0 Å². The highest BCUT2D eigenvalue weighted by atomic mass is 16.2. The molecule has 0 saturated heterocycles. The molecule has 28 heavy (non-hydrogen) atoms. The molecule has 3 rings (SSSR count). The summed E-state index contributed by atoms with van der Waals surface area (Å²) in [5, 5.41) is 6.07. The van der Waals surface area contributed by atoms with Crippen molar-refractivity contribution in [2.75, 3.05) is 10.6 Å². The van der Waals surface area contributed by atoms with Crippen molar-refractivity contribution in [1.82, 2.24) is 9.97 Å². The van der Waals surface area contributed by atoms with Crippen molar-refractivity contribution in [3.8, 4) is 0 Å². The third-order valence-electron chi connectivity index (χ3n) is 4.42. The average molecular weight is 374 g/mol. The van der Waals surface area contributed by atoms with E-state index in [2.05, 4.69) is 33.6 Å². The zero-order valence-corrected chi connectivity index (χ0v) is 16.1. The molecule has 142 valence electrons. The Morgan fingerprint density at radius 2 is 1.82 bits per heavy atom. The summed E-state index contributed by atoms with van der Waals surface area (Å²) >= 11 is 0. The maximum atomic E-state index is 12.6. The standard InChI is InChI=1S/C22H22N4O2/c1-4-16-8-5-7-14(2)21(16)26-20-12-19(23-13-24-20)22(28)25-18-10-6-9-17(11-18)15(3)27/h5-13H,4H2,1-3H3,(H,25,28)(H,23,24,26). The van der Waals surface area contributed by atoms with E-state index in [4.69, 9.17) is 0 Å². The van der Waals surface area contributed by atoms with Gasteiger partial charge in [0.2, 0.25) is 0 Å². The van der Waals surface area contributed by atoms with Crippen molar-refractivity contribution in [3.05, 3.63) is 77.2 Å². The van der Waals surface area contributed by atoms with Gasteiger partial charge < -0.3 is 10.6 Å². The van der Waals surface area contributed by atoms with Gasteiger partial charge in [0.25, 0.3) is 5.91 Å². The van der Waals surface area contributed by atoms with Gasteiger partial charge in [-0.2, -0.15) is 0 Å². The lowest BCUT2D eigenvalue weighted by Crippen LogP contribution is -2.14. The Labute approximate surface area is 164 Å². The summed E-state index contributed by atoms with van der Waals surface area (Å²) in [7, 11) is 0. The number of aromatic nitrogens is 2. The summed E-state index contributed by atoms with van der Waals surface area (Å²) in [4.78, 5) is 32.4. The fourth-order valence-electron chi connectivity index (χ4n) is 2.89. The van der Waals surface area contributed by atoms with Crippen LogP contribution >= 0.6 is 0 Å². The fraction of sp³-hybridized carbons (Fsp3) is 0.182. The van der Waals surface area contributed by atoms with E-state index < -0.39 is 0 Å². The van der Waals surface area contributed by atoms with E-state index >= 15 is 0 Å². The first-order valence-electron chi connectivity index (χ1n) is 9.08. The van der Waals surface area contributed by atoms with E-state index in [0.29, 0.717) is 17.1 Å². The largest absolute Gasteiger partial charge is 0.340 e. The Balaban J connectivity index is 1.81. The lowest BCUT2D eigenvalue weighted by Gasteiger charge is -2.13. The van der Waals surface area contributed by atoms with E-state index in [9.17, 15) is 9.59 Å². The van der Waals surface area contributed by atoms with Crippen LogP contribution in [0, 0.1) is 6.92 Å². The van der Waals surface area contributed by atoms with Gasteiger partial charge in [0, 0.05) is 23.0 Å². The number of carbonyl (C=O) groups excluding carboxylic acids is 2. The van der Waals surface area contributed by atoms with Crippen LogP contribution in [-0.4, -0.2) is 21.7 Å². The summed E-state index contributed by atoms with van der Waals surface area (Å²) in [5.74, 6) is 0.114. The maximum absolute atomic E-state index is 12.6. The molecule has 0 spiro atoms. The van der Waals surface area contributed by atoms with Gasteiger partial charge >= 0.3 is 0 Å². The number of benzene rings is 2. The minimum atomic E-state index is -0.369. The molecule has 2 aromatic carbocycles. The van der Waals surface area contributed by atoms with Crippen LogP contribution in [0.1, 0.15) is 45.8 Å². The van der Waals surface area contributed by atoms with Gasteiger partial charge in [-0.3, -0.25) is 9.59 Å². The number of hydrogen-bond acceptors (Lipinski definition) is 5. The topological polar surface area (TPSA) is 84.0 Å². The quantitative estimate of drug-likeness (QED) is 0.619. The predicted molar refractivity (Wildman–Crippen MR) is 110 cm³/mol. The molecule has 6 heteroatoms. The van der Waals surface area contributed by atoms with Crippen LogP contribution in [-0.2, 0) is 6.42 Å². The third-order valence-corrected chi connectivity index (χ3v) is 4.42. The molecule has 0 bridgehead atoms. The highest BCUT2D eigenvalue weighted by molar-refractivity contribution is 6.04. The number of carbonyl (C=O) groups is 2. The molecular weight excluding hydrogens is 352 g/mol. The first kappa shape index (κ1) is 19.2. The number of Topliss-reactive ketones (excluding diaryl/α,β-unsaturated/α-hetero) is 1. The number of aryl methyl sites for hydroxylation is 2. The highest BCUT2D eigenvalue weighted by Gasteiger charge is 2.12. The molecule has 1 heterocycles. The third kappa shape index (κ3) is 4.40. The van der Waals surface area contributed by atoms with E-state index in [0.717, 1.165) is 17.7 Å². The normalized spacial score (nSPS) is 10.4. The predicted octanol–water partition coefficient (Wildman–Crippen LogP) is 4.55. The molecule has 1 aromatic heterocycles. The monoisotopic (exact) mass is 374 g/mol. The second kappa shape index (κ2) is 8.43. The lowest BCUT2D eigenvalue weighted by molar-refractivity contribution is 0.100. The van der Waals surface area contributed by atoms with Gasteiger partial charge in [-0.25, -0.2) is 9.97 Å². The number of ketones is 1. The van der Waals surface area contributed by atoms with Gasteiger partial charge in [0.15, 0.2) is 5.78 Å². The molecule has 3 aromatic rings. The van der Waals surface area contributed by atoms with Gasteiger partial charge in [-0.15, -0.1) is 0 Å². The van der Waals surface area contributed by atoms with Crippen molar-refractivity contribution in [2.45, 2.75) is 27.2 Å². The number of para-hydroxylation sites is 1. The first-order chi connectivity index (χ1) is 13.5. The second-order valence-corrected chi connectivity index (χ2v) is 6.47. The number of rotatable bonds is 6. The Morgan fingerprint density at radius 1 is 1.04 bits per heavy atom. The molecule has 0 saturated carbocycles. The zero-order chi connectivity index (χ0) is 20.1. The maximum Gasteiger partial charge on any atom is 0.274 e. The Hall–Kier alpha value is -3.54. The minimum absolute atomic E-state index is 0.0606. The molecule has 0 aliphatic carbocycles. The Bertz CT molecular complexity index is 1030. The Kier molecular flexibility index (Phi) is 5.79. The van der Waals surface area contributed by atoms with Gasteiger partial charge in [0.05, 0.1) is 0 Å². The Morgan fingerprint density at radius 3 is 2.57 bits per heavy atom. The van der Waals surface area contributed by atoms with Gasteiger partial charge in [0.1, 0.15) is 17.8 Å². The van der Waals surface area contributed by atoms with E-state index in [1.807, 2.05) is 19.1 Å². The number of nitrogens with one attached hydrogen (secondary N) is 2. The minimum Gasteiger partial charge on any atom is -0.340 e. The lowest BCUT2D eigenvalue weighted by atomic mass is 10.1. The summed E-state index contributed by atoms with van der Waals surface area (Å²) in [6.07, 6.45) is 2.24. The summed E-state index contributed by atoms with van der Waals surface area (Å²) in [5.41, 5.74) is 4.57. The molecule has 1 amide bonds. The van der Waals surface area contributed by atoms with Crippen molar-refractivity contribution in [2.24, 2.45) is 0 Å². The van der Waals surface area contributed by atoms with Crippen LogP contribution in [0.3, 0.4) is 0 Å². The van der Waals surface area contributed by atoms with E-state index in [-0.39, 0.29) is 17.4 Å². The average Bonchev–Trinajstić information content (AvgIpc) is 2.70. The first-order valence-corrected chi connectivity index (χ1v) is 9.08. The van der Waals surface area contributed by atoms with Gasteiger partial charge in [-0.05, 0) is 43.5 Å². The molecule has 0 aliphatic heterocycles. The molecule has 0 unspecified atom stereocenters. The number of hydrogen-bond donors (Lipinski definition) is 2. The summed E-state index contributed by atoms with van der Waals surface area (Å²) in [6, 6.07) is 14.5. The van der Waals surface area contributed by atoms with Crippen molar-refractivity contribution in [3.63, 3.8) is 0 Å². The highest BCUT2D eigenvalue weighted by Crippen LogP contribution is 2.24. The number of amides is 1. The summed E-state index contributed by atoms with van der Waals surface area (Å²) in [6.45, 7) is 5.60. The van der Waals surface area contributed by atoms with Crippen LogP contribution in [0.2, 0.25) is 0 Å². The van der Waals surface area contributed by atoms with Crippen LogP contribution in [0.5, 0.6) is 0 Å². The van der Waals surface area contributed by atoms with Crippen LogP contribution in [0.15, 0.2) is 54.9 Å². The number of anilines is 3. The molecule has 2 N–H and O–H groups in total. The van der Waals surface area contributed by atoms with Crippen molar-refractivity contribution in [1.29, 1.82) is 0 Å². The second-order valence-electron chi connectivity index (χ2n) is 6.47. The summed E-state index contributed by atoms with van der Waals surface area (Å²) < 4.78 is 0. The van der Waals surface area contributed by atoms with Crippen molar-refractivity contribution >= 4 is 28.9 Å². The zero-order valence-electron chi connectivity index (χ0n) is 16.1. The molecule has 0 radical (unpaired) electrons. The molecule has 0 aliphatic rings.